The van der Waals surface area contributed by atoms with E-state index >= 15 is 0 Å². The van der Waals surface area contributed by atoms with Gasteiger partial charge in [-0.05, 0) is 52.9 Å². The van der Waals surface area contributed by atoms with E-state index < -0.39 is 53.2 Å². The normalized spacial score (nSPS) is 29.7. The van der Waals surface area contributed by atoms with Gasteiger partial charge in [-0.2, -0.15) is 0 Å². The van der Waals surface area contributed by atoms with Crippen LogP contribution in [0, 0.1) is 17.8 Å². The number of fused-ring (bicyclic) bond motifs is 1. The topological polar surface area (TPSA) is 125 Å². The molecular formula is C31H48BrN3O7. The lowest BCUT2D eigenvalue weighted by Crippen LogP contribution is -2.62. The number of aliphatic hydroxyl groups excluding tert-OH is 1. The molecule has 2 N–H and O–H groups in total. The average molecular weight is 655 g/mol. The Hall–Kier alpha value is -2.24. The fraction of sp³-hybridized carbons (Fsp3) is 0.742. The van der Waals surface area contributed by atoms with Gasteiger partial charge in [0.15, 0.2) is 0 Å². The largest absolute Gasteiger partial charge is 0.460 e. The van der Waals surface area contributed by atoms with Crippen molar-refractivity contribution in [1.29, 1.82) is 0 Å². The van der Waals surface area contributed by atoms with E-state index in [0.717, 1.165) is 0 Å². The fourth-order valence-corrected chi connectivity index (χ4v) is 7.64. The number of allylic oxidation sites excluding steroid dienone is 1. The van der Waals surface area contributed by atoms with Crippen molar-refractivity contribution in [2.45, 2.75) is 107 Å². The van der Waals surface area contributed by atoms with Gasteiger partial charge in [0.2, 0.25) is 17.7 Å². The van der Waals surface area contributed by atoms with Gasteiger partial charge < -0.3 is 29.7 Å². The first-order valence-electron chi connectivity index (χ1n) is 14.9. The van der Waals surface area contributed by atoms with E-state index in [0.29, 0.717) is 19.3 Å². The predicted molar refractivity (Wildman–Crippen MR) is 163 cm³/mol. The molecule has 0 aliphatic carbocycles. The Morgan fingerprint density at radius 2 is 1.93 bits per heavy atom. The van der Waals surface area contributed by atoms with Crippen LogP contribution >= 0.6 is 15.9 Å². The summed E-state index contributed by atoms with van der Waals surface area (Å²) in [7, 11) is 0. The number of likely N-dealkylation sites (tertiary alicyclic amines) is 1. The van der Waals surface area contributed by atoms with E-state index in [9.17, 15) is 24.3 Å². The maximum Gasteiger partial charge on any atom is 0.312 e. The summed E-state index contributed by atoms with van der Waals surface area (Å²) < 4.78 is 12.3. The molecule has 42 heavy (non-hydrogen) atoms. The second kappa shape index (κ2) is 13.6. The molecule has 3 saturated heterocycles. The third-order valence-corrected chi connectivity index (χ3v) is 9.29. The zero-order chi connectivity index (χ0) is 31.6. The molecule has 10 nitrogen and oxygen atoms in total. The molecule has 0 aromatic carbocycles. The number of ether oxygens (including phenoxy) is 2. The number of aliphatic hydroxyl groups is 1. The third kappa shape index (κ3) is 6.63. The van der Waals surface area contributed by atoms with Gasteiger partial charge >= 0.3 is 5.97 Å². The number of carbonyl (C=O) groups is 4. The van der Waals surface area contributed by atoms with Crippen LogP contribution in [0.5, 0.6) is 0 Å². The minimum absolute atomic E-state index is 0.123. The summed E-state index contributed by atoms with van der Waals surface area (Å²) in [5.41, 5.74) is -1.86. The highest BCUT2D eigenvalue weighted by Crippen LogP contribution is 2.61. The second-order valence-corrected chi connectivity index (χ2v) is 14.3. The third-order valence-electron chi connectivity index (χ3n) is 8.45. The highest BCUT2D eigenvalue weighted by molar-refractivity contribution is 9.09. The molecule has 3 aliphatic heterocycles. The summed E-state index contributed by atoms with van der Waals surface area (Å²) in [6, 6.07) is -1.66. The second-order valence-electron chi connectivity index (χ2n) is 13.2. The molecular weight excluding hydrogens is 606 g/mol. The first kappa shape index (κ1) is 34.3. The molecule has 236 valence electrons. The Morgan fingerprint density at radius 3 is 2.48 bits per heavy atom. The summed E-state index contributed by atoms with van der Waals surface area (Å²) in [5, 5.41) is 13.2. The Kier molecular flexibility index (Phi) is 11.1. The van der Waals surface area contributed by atoms with E-state index in [2.05, 4.69) is 34.4 Å². The Balaban J connectivity index is 1.98. The van der Waals surface area contributed by atoms with Crippen LogP contribution in [-0.2, 0) is 28.7 Å². The molecule has 3 aliphatic rings. The molecule has 0 radical (unpaired) electrons. The van der Waals surface area contributed by atoms with Crippen LogP contribution in [0.25, 0.3) is 0 Å². The van der Waals surface area contributed by atoms with Crippen molar-refractivity contribution in [3.05, 3.63) is 25.3 Å². The molecule has 11 heteroatoms. The van der Waals surface area contributed by atoms with Crippen molar-refractivity contribution < 1.29 is 33.8 Å². The number of alkyl halides is 1. The van der Waals surface area contributed by atoms with Gasteiger partial charge in [-0.1, -0.05) is 41.9 Å². The van der Waals surface area contributed by atoms with Crippen molar-refractivity contribution in [3.8, 4) is 0 Å². The summed E-state index contributed by atoms with van der Waals surface area (Å²) in [6.45, 7) is 18.9. The van der Waals surface area contributed by atoms with Crippen molar-refractivity contribution >= 4 is 39.6 Å². The minimum Gasteiger partial charge on any atom is -0.460 e. The van der Waals surface area contributed by atoms with Crippen molar-refractivity contribution in [1.82, 2.24) is 15.1 Å². The van der Waals surface area contributed by atoms with Crippen molar-refractivity contribution in [3.63, 3.8) is 0 Å². The molecule has 3 fully saturated rings. The molecule has 0 saturated carbocycles. The number of hydrogen-bond acceptors (Lipinski definition) is 7. The lowest BCUT2D eigenvalue weighted by atomic mass is 9.70. The van der Waals surface area contributed by atoms with Crippen LogP contribution in [0.1, 0.15) is 67.2 Å². The summed E-state index contributed by atoms with van der Waals surface area (Å²) >= 11 is 3.68. The van der Waals surface area contributed by atoms with Crippen LogP contribution in [0.3, 0.4) is 0 Å². The van der Waals surface area contributed by atoms with Gasteiger partial charge in [-0.3, -0.25) is 19.2 Å². The monoisotopic (exact) mass is 653 g/mol. The van der Waals surface area contributed by atoms with Crippen LogP contribution in [0.15, 0.2) is 25.3 Å². The molecule has 1 spiro atoms. The lowest BCUT2D eigenvalue weighted by Gasteiger charge is -2.43. The molecule has 2 bridgehead atoms. The van der Waals surface area contributed by atoms with Crippen LogP contribution in [-0.4, -0.2) is 98.6 Å². The standard InChI is InChI=1S/C31H48BrN3O7/c1-9-11-12-22(37)33-16-19(5)41-29(40)23-24-27(38)35(20(17-36)14-18(3)4)26(31(24)15-21(32)25(23)42-31)28(39)34(13-10-2)30(6,7)8/h9-10,18-21,23-26,36H,1-2,11-17H2,3-8H3,(H,33,37)/t19-,20-,21?,23+,24-,25+,26+,31-/m1/s1. The van der Waals surface area contributed by atoms with Crippen molar-refractivity contribution in [2.75, 3.05) is 19.7 Å². The van der Waals surface area contributed by atoms with E-state index in [-0.39, 0.29) is 54.6 Å². The van der Waals surface area contributed by atoms with Gasteiger partial charge in [-0.15, -0.1) is 13.2 Å². The maximum atomic E-state index is 14.5. The number of esters is 1. The number of rotatable bonds is 14. The lowest BCUT2D eigenvalue weighted by molar-refractivity contribution is -0.160. The SMILES string of the molecule is C=CCCC(=O)NC[C@@H](C)OC(=O)[C@@H]1[C@H]2O[C@@]3(CC2Br)[C@H](C(=O)N(CC=C)C(C)(C)C)N([C@@H](CO)CC(C)C)C(=O)[C@@H]13. The highest BCUT2D eigenvalue weighted by atomic mass is 79.9. The number of nitrogens with one attached hydrogen (secondary N) is 1. The van der Waals surface area contributed by atoms with Gasteiger partial charge in [-0.25, -0.2) is 0 Å². The summed E-state index contributed by atoms with van der Waals surface area (Å²) in [4.78, 5) is 57.5. The Morgan fingerprint density at radius 1 is 1.26 bits per heavy atom. The van der Waals surface area contributed by atoms with Gasteiger partial charge in [0, 0.05) is 23.3 Å². The Labute approximate surface area is 258 Å². The molecule has 8 atom stereocenters. The average Bonchev–Trinajstić information content (AvgIpc) is 3.50. The van der Waals surface area contributed by atoms with Crippen LogP contribution in [0.2, 0.25) is 0 Å². The molecule has 3 amide bonds. The number of amides is 3. The summed E-state index contributed by atoms with van der Waals surface area (Å²) in [6.07, 6.45) is 3.66. The zero-order valence-corrected chi connectivity index (χ0v) is 27.4. The fourth-order valence-electron chi connectivity index (χ4n) is 6.70. The number of nitrogens with zero attached hydrogens (tertiary/aromatic N) is 2. The Bertz CT molecular complexity index is 1060. The van der Waals surface area contributed by atoms with E-state index in [1.807, 2.05) is 34.6 Å². The summed E-state index contributed by atoms with van der Waals surface area (Å²) in [5.74, 6) is -3.21. The maximum absolute atomic E-state index is 14.5. The first-order valence-corrected chi connectivity index (χ1v) is 15.8. The number of hydrogen-bond donors (Lipinski definition) is 2. The van der Waals surface area contributed by atoms with E-state index in [1.165, 1.54) is 4.90 Å². The first-order chi connectivity index (χ1) is 19.6. The molecule has 3 rings (SSSR count). The van der Waals surface area contributed by atoms with E-state index in [1.54, 1.807) is 24.0 Å². The van der Waals surface area contributed by atoms with E-state index in [4.69, 9.17) is 9.47 Å². The van der Waals surface area contributed by atoms with Gasteiger partial charge in [0.1, 0.15) is 17.7 Å². The van der Waals surface area contributed by atoms with Gasteiger partial charge in [0.25, 0.3) is 0 Å². The molecule has 0 aromatic heterocycles. The minimum atomic E-state index is -1.27. The van der Waals surface area contributed by atoms with Gasteiger partial charge in [0.05, 0.1) is 37.1 Å². The smallest absolute Gasteiger partial charge is 0.312 e. The molecule has 3 heterocycles. The number of carbonyl (C=O) groups excluding carboxylic acids is 4. The van der Waals surface area contributed by atoms with Crippen LogP contribution in [0.4, 0.5) is 0 Å². The zero-order valence-electron chi connectivity index (χ0n) is 25.8. The molecule has 1 unspecified atom stereocenters. The number of halogens is 1. The van der Waals surface area contributed by atoms with Crippen LogP contribution < -0.4 is 5.32 Å². The van der Waals surface area contributed by atoms with Crippen molar-refractivity contribution in [2.24, 2.45) is 17.8 Å². The quantitative estimate of drug-likeness (QED) is 0.168. The highest BCUT2D eigenvalue weighted by Gasteiger charge is 2.77. The predicted octanol–water partition coefficient (Wildman–Crippen LogP) is 2.97. The molecule has 0 aromatic rings.